The molecule has 5 rings (SSSR count). The lowest BCUT2D eigenvalue weighted by atomic mass is 9.81. The van der Waals surface area contributed by atoms with Crippen molar-refractivity contribution in [2.24, 2.45) is 5.41 Å². The van der Waals surface area contributed by atoms with Gasteiger partial charge in [0.05, 0.1) is 12.3 Å². The Labute approximate surface area is 212 Å². The summed E-state index contributed by atoms with van der Waals surface area (Å²) in [7, 11) is 0. The van der Waals surface area contributed by atoms with Gasteiger partial charge in [-0.25, -0.2) is 0 Å². The fourth-order valence-corrected chi connectivity index (χ4v) is 5.56. The number of aryl methyl sites for hydroxylation is 2. The van der Waals surface area contributed by atoms with Crippen molar-refractivity contribution in [3.05, 3.63) is 58.5 Å². The first kappa shape index (κ1) is 24.8. The molecule has 0 radical (unpaired) electrons. The van der Waals surface area contributed by atoms with Gasteiger partial charge in [0.25, 0.3) is 0 Å². The minimum atomic E-state index is -1.33. The summed E-state index contributed by atoms with van der Waals surface area (Å²) in [5.74, 6) is 1.48. The Morgan fingerprint density at radius 3 is 2.69 bits per heavy atom. The number of furan rings is 1. The number of aromatic nitrogens is 1. The summed E-state index contributed by atoms with van der Waals surface area (Å²) in [5.41, 5.74) is 6.11. The van der Waals surface area contributed by atoms with Crippen molar-refractivity contribution in [3.8, 4) is 5.75 Å². The van der Waals surface area contributed by atoms with Gasteiger partial charge in [0.1, 0.15) is 17.1 Å². The number of rotatable bonds is 8. The molecule has 36 heavy (non-hydrogen) atoms. The van der Waals surface area contributed by atoms with Crippen LogP contribution in [0.15, 0.2) is 39.3 Å². The fourth-order valence-electron chi connectivity index (χ4n) is 5.56. The highest BCUT2D eigenvalue weighted by atomic mass is 16.5. The molecular formula is C30H37NO5. The maximum absolute atomic E-state index is 9.81. The van der Waals surface area contributed by atoms with Crippen LogP contribution in [0.1, 0.15) is 81.0 Å². The minimum Gasteiger partial charge on any atom is -0.493 e. The molecule has 0 saturated carbocycles. The van der Waals surface area contributed by atoms with Crippen molar-refractivity contribution >= 4 is 21.9 Å². The van der Waals surface area contributed by atoms with Gasteiger partial charge in [-0.3, -0.25) is 0 Å². The number of aliphatic hydroxyl groups is 2. The standard InChI is InChI=1S/C30H37NO5/c1-5-7-23-26(12-11-22-25(17-30(2,3)4)31-36-28(22)23)34-15-14-18-16-24-19-8-6-9-21(29(32)33)20(19)10-13-27(24)35-18/h10-13,16,21,29,32-33H,5-9,14-15,17H2,1-4H3. The van der Waals surface area contributed by atoms with Gasteiger partial charge in [-0.1, -0.05) is 45.3 Å². The molecule has 0 saturated heterocycles. The van der Waals surface area contributed by atoms with Crippen LogP contribution < -0.4 is 4.74 Å². The number of aliphatic hydroxyl groups excluding tert-OH is 1. The molecule has 1 unspecified atom stereocenters. The Kier molecular flexibility index (Phi) is 6.84. The average molecular weight is 492 g/mol. The second-order valence-electron chi connectivity index (χ2n) is 11.3. The summed E-state index contributed by atoms with van der Waals surface area (Å²) < 4.78 is 18.2. The first-order chi connectivity index (χ1) is 17.2. The molecule has 0 aliphatic heterocycles. The van der Waals surface area contributed by atoms with E-state index < -0.39 is 6.29 Å². The van der Waals surface area contributed by atoms with Crippen LogP contribution in [0.25, 0.3) is 21.9 Å². The molecule has 2 heterocycles. The number of fused-ring (bicyclic) bond motifs is 4. The molecule has 6 nitrogen and oxygen atoms in total. The lowest BCUT2D eigenvalue weighted by Gasteiger charge is -2.27. The molecule has 2 aromatic carbocycles. The van der Waals surface area contributed by atoms with Crippen LogP contribution >= 0.6 is 0 Å². The number of nitrogens with zero attached hydrogens (tertiary/aromatic N) is 1. The predicted octanol–water partition coefficient (Wildman–Crippen LogP) is 6.47. The Morgan fingerprint density at radius 2 is 1.94 bits per heavy atom. The topological polar surface area (TPSA) is 88.9 Å². The van der Waals surface area contributed by atoms with Gasteiger partial charge in [0, 0.05) is 28.7 Å². The maximum atomic E-state index is 9.81. The number of benzene rings is 2. The summed E-state index contributed by atoms with van der Waals surface area (Å²) in [5, 5.41) is 26.2. The summed E-state index contributed by atoms with van der Waals surface area (Å²) in [4.78, 5) is 0. The Morgan fingerprint density at radius 1 is 1.11 bits per heavy atom. The minimum absolute atomic E-state index is 0.133. The quantitative estimate of drug-likeness (QED) is 0.275. The monoisotopic (exact) mass is 491 g/mol. The van der Waals surface area contributed by atoms with Crippen LogP contribution in [0.5, 0.6) is 5.75 Å². The van der Waals surface area contributed by atoms with Gasteiger partial charge in [-0.15, -0.1) is 0 Å². The van der Waals surface area contributed by atoms with Gasteiger partial charge in [0.2, 0.25) is 0 Å². The summed E-state index contributed by atoms with van der Waals surface area (Å²) in [6.45, 7) is 9.27. The number of hydrogen-bond donors (Lipinski definition) is 2. The molecule has 0 bridgehead atoms. The lowest BCUT2D eigenvalue weighted by Crippen LogP contribution is -2.22. The zero-order valence-electron chi connectivity index (χ0n) is 21.8. The molecule has 192 valence electrons. The Balaban J connectivity index is 1.34. The molecule has 1 atom stereocenters. The van der Waals surface area contributed by atoms with Crippen LogP contribution in [0.4, 0.5) is 0 Å². The van der Waals surface area contributed by atoms with Crippen LogP contribution in [-0.2, 0) is 25.7 Å². The normalized spacial score (nSPS) is 16.2. The van der Waals surface area contributed by atoms with Crippen LogP contribution in [-0.4, -0.2) is 28.3 Å². The smallest absolute Gasteiger partial charge is 0.174 e. The van der Waals surface area contributed by atoms with E-state index in [0.29, 0.717) is 13.0 Å². The van der Waals surface area contributed by atoms with Crippen molar-refractivity contribution in [2.75, 3.05) is 6.61 Å². The summed E-state index contributed by atoms with van der Waals surface area (Å²) >= 11 is 0. The van der Waals surface area contributed by atoms with E-state index >= 15 is 0 Å². The molecule has 1 aliphatic rings. The Hall–Kier alpha value is -2.83. The zero-order chi connectivity index (χ0) is 25.4. The van der Waals surface area contributed by atoms with Crippen molar-refractivity contribution in [1.29, 1.82) is 0 Å². The third-order valence-electron chi connectivity index (χ3n) is 7.18. The van der Waals surface area contributed by atoms with Gasteiger partial charge in [0.15, 0.2) is 11.9 Å². The average Bonchev–Trinajstić information content (AvgIpc) is 3.43. The molecule has 0 amide bonds. The molecule has 6 heteroatoms. The van der Waals surface area contributed by atoms with Crippen LogP contribution in [0.2, 0.25) is 0 Å². The van der Waals surface area contributed by atoms with E-state index in [0.717, 1.165) is 88.8 Å². The summed E-state index contributed by atoms with van der Waals surface area (Å²) in [6.07, 6.45) is 4.70. The van der Waals surface area contributed by atoms with Gasteiger partial charge < -0.3 is 23.9 Å². The molecule has 0 fully saturated rings. The lowest BCUT2D eigenvalue weighted by molar-refractivity contribution is -0.0636. The van der Waals surface area contributed by atoms with Crippen molar-refractivity contribution < 1.29 is 23.9 Å². The van der Waals surface area contributed by atoms with Crippen LogP contribution in [0, 0.1) is 5.41 Å². The van der Waals surface area contributed by atoms with E-state index in [2.05, 4.69) is 45.0 Å². The highest BCUT2D eigenvalue weighted by Crippen LogP contribution is 2.39. The number of hydrogen-bond acceptors (Lipinski definition) is 6. The number of ether oxygens (including phenoxy) is 1. The molecule has 0 spiro atoms. The zero-order valence-corrected chi connectivity index (χ0v) is 21.8. The largest absolute Gasteiger partial charge is 0.493 e. The second kappa shape index (κ2) is 9.91. The highest BCUT2D eigenvalue weighted by Gasteiger charge is 2.27. The van der Waals surface area contributed by atoms with Gasteiger partial charge >= 0.3 is 0 Å². The van der Waals surface area contributed by atoms with E-state index in [-0.39, 0.29) is 11.3 Å². The highest BCUT2D eigenvalue weighted by molar-refractivity contribution is 5.85. The molecule has 4 aromatic rings. The fraction of sp³-hybridized carbons (Fsp3) is 0.500. The van der Waals surface area contributed by atoms with E-state index in [1.165, 1.54) is 5.56 Å². The maximum Gasteiger partial charge on any atom is 0.174 e. The SMILES string of the molecule is CCCc1c(OCCc2cc3c4c(ccc3o2)C(C(O)O)CCC4)ccc2c(CC(C)(C)C)noc12. The van der Waals surface area contributed by atoms with E-state index in [4.69, 9.17) is 13.7 Å². The van der Waals surface area contributed by atoms with E-state index in [1.54, 1.807) is 0 Å². The first-order valence-electron chi connectivity index (χ1n) is 13.2. The summed E-state index contributed by atoms with van der Waals surface area (Å²) in [6, 6.07) is 10.1. The van der Waals surface area contributed by atoms with Gasteiger partial charge in [-0.2, -0.15) is 0 Å². The van der Waals surface area contributed by atoms with Gasteiger partial charge in [-0.05, 0) is 72.9 Å². The van der Waals surface area contributed by atoms with Crippen molar-refractivity contribution in [3.63, 3.8) is 0 Å². The van der Waals surface area contributed by atoms with Crippen LogP contribution in [0.3, 0.4) is 0 Å². The van der Waals surface area contributed by atoms with E-state index in [9.17, 15) is 10.2 Å². The van der Waals surface area contributed by atoms with Crippen molar-refractivity contribution in [2.45, 2.75) is 84.8 Å². The predicted molar refractivity (Wildman–Crippen MR) is 140 cm³/mol. The van der Waals surface area contributed by atoms with Crippen molar-refractivity contribution in [1.82, 2.24) is 5.16 Å². The molecule has 2 aromatic heterocycles. The van der Waals surface area contributed by atoms with E-state index in [1.807, 2.05) is 18.2 Å². The Bertz CT molecular complexity index is 1360. The first-order valence-corrected chi connectivity index (χ1v) is 13.2. The second-order valence-corrected chi connectivity index (χ2v) is 11.3. The molecule has 1 aliphatic carbocycles. The third-order valence-corrected chi connectivity index (χ3v) is 7.18. The third kappa shape index (κ3) is 4.89. The molecular weight excluding hydrogens is 454 g/mol. The molecule has 2 N–H and O–H groups in total.